The van der Waals surface area contributed by atoms with Crippen molar-refractivity contribution >= 4 is 18.7 Å². The fraction of sp³-hybridized carbons (Fsp3) is 0. The van der Waals surface area contributed by atoms with Crippen molar-refractivity contribution in [2.45, 2.75) is 0 Å². The minimum Gasteiger partial charge on any atom is -0.410 e. The largest absolute Gasteiger partial charge is 0.410 e. The van der Waals surface area contributed by atoms with Crippen LogP contribution in [0.4, 0.5) is 0 Å². The van der Waals surface area contributed by atoms with Crippen LogP contribution in [0, 0.1) is 0 Å². The van der Waals surface area contributed by atoms with E-state index in [4.69, 9.17) is 5.21 Å². The van der Waals surface area contributed by atoms with Crippen LogP contribution < -0.4 is 5.73 Å². The van der Waals surface area contributed by atoms with E-state index in [-0.39, 0.29) is 12.4 Å². The Kier molecular flexibility index (Phi) is 16.9. The van der Waals surface area contributed by atoms with Gasteiger partial charge in [-0.05, 0) is 0 Å². The molecule has 0 heterocycles. The highest BCUT2D eigenvalue weighted by Crippen LogP contribution is 1.27. The first-order chi connectivity index (χ1) is 1.91. The van der Waals surface area contributed by atoms with E-state index in [9.17, 15) is 0 Å². The predicted molar refractivity (Wildman–Crippen MR) is 21.7 cm³/mol. The third kappa shape index (κ3) is 27.6. The Balaban J connectivity index is 0. The van der Waals surface area contributed by atoms with Crippen LogP contribution in [-0.4, -0.2) is 11.5 Å². The number of rotatable bonds is 0. The summed E-state index contributed by atoms with van der Waals surface area (Å²) in [6.07, 6.45) is 0.806. The molecule has 0 aromatic rings. The summed E-state index contributed by atoms with van der Waals surface area (Å²) < 4.78 is 0. The highest BCUT2D eigenvalue weighted by atomic mass is 35.5. The smallest absolute Gasteiger partial charge is 0.125 e. The first-order valence-corrected chi connectivity index (χ1v) is 0.792. The highest BCUT2D eigenvalue weighted by molar-refractivity contribution is 5.85. The molecule has 0 radical (unpaired) electrons. The Hall–Kier alpha value is -0.440. The molecule has 0 spiro atoms. The van der Waals surface area contributed by atoms with Gasteiger partial charge < -0.3 is 10.9 Å². The molecule has 4 heteroatoms. The van der Waals surface area contributed by atoms with E-state index in [0.29, 0.717) is 0 Å². The summed E-state index contributed by atoms with van der Waals surface area (Å²) in [6, 6.07) is 0. The van der Waals surface area contributed by atoms with Crippen molar-refractivity contribution < 1.29 is 5.21 Å². The van der Waals surface area contributed by atoms with Gasteiger partial charge >= 0.3 is 0 Å². The van der Waals surface area contributed by atoms with Gasteiger partial charge in [0.15, 0.2) is 0 Å². The lowest BCUT2D eigenvalue weighted by Gasteiger charge is -1.56. The highest BCUT2D eigenvalue weighted by Gasteiger charge is 1.32. The van der Waals surface area contributed by atoms with Gasteiger partial charge in [-0.2, -0.15) is 0 Å². The lowest BCUT2D eigenvalue weighted by Crippen LogP contribution is -1.85. The number of hydrogen-bond donors (Lipinski definition) is 2. The molecule has 0 fully saturated rings. The molecule has 0 bridgehead atoms. The summed E-state index contributed by atoms with van der Waals surface area (Å²) in [5.74, 6) is 0. The van der Waals surface area contributed by atoms with Crippen LogP contribution >= 0.6 is 12.4 Å². The molecule has 3 N–H and O–H groups in total. The molecule has 0 saturated heterocycles. The van der Waals surface area contributed by atoms with Crippen LogP contribution in [0.15, 0.2) is 5.16 Å². The molecule has 0 aromatic carbocycles. The maximum Gasteiger partial charge on any atom is 0.125 e. The van der Waals surface area contributed by atoms with Gasteiger partial charge in [-0.3, -0.25) is 0 Å². The second-order valence-electron chi connectivity index (χ2n) is 0.265. The van der Waals surface area contributed by atoms with E-state index in [2.05, 4.69) is 10.9 Å². The zero-order chi connectivity index (χ0) is 3.41. The molecule has 0 aliphatic carbocycles. The molecule has 0 atom stereocenters. The summed E-state index contributed by atoms with van der Waals surface area (Å²) in [5.41, 5.74) is 4.49. The predicted octanol–water partition coefficient (Wildman–Crippen LogP) is -0.216. The van der Waals surface area contributed by atoms with Crippen LogP contribution in [-0.2, 0) is 0 Å². The molecule has 0 amide bonds. The zero-order valence-electron chi connectivity index (χ0n) is 2.46. The standard InChI is InChI=1S/CH4N2O.ClH/c2-1-3-4;/h1,4H,(H2,2,3);1H. The third-order valence-electron chi connectivity index (χ3n) is 0.0667. The average Bonchev–Trinajstić information content (AvgIpc) is 1.37. The van der Waals surface area contributed by atoms with Crippen molar-refractivity contribution in [1.82, 2.24) is 0 Å². The number of nitrogens with two attached hydrogens (primary N) is 1. The molecule has 0 saturated carbocycles. The maximum absolute atomic E-state index is 7.32. The quantitative estimate of drug-likeness (QED) is 0.190. The second-order valence-corrected chi connectivity index (χ2v) is 0.265. The van der Waals surface area contributed by atoms with E-state index < -0.39 is 0 Å². The minimum absolute atomic E-state index is 0. The molecule has 0 unspecified atom stereocenters. The average molecular weight is 96.5 g/mol. The summed E-state index contributed by atoms with van der Waals surface area (Å²) >= 11 is 0. The summed E-state index contributed by atoms with van der Waals surface area (Å²) in [6.45, 7) is 0. The SMILES string of the molecule is Cl.NC=NO. The van der Waals surface area contributed by atoms with Crippen molar-refractivity contribution in [1.29, 1.82) is 0 Å². The van der Waals surface area contributed by atoms with Crippen molar-refractivity contribution in [2.24, 2.45) is 10.9 Å². The van der Waals surface area contributed by atoms with Gasteiger partial charge in [-0.1, -0.05) is 5.16 Å². The molecule has 0 rings (SSSR count). The molecule has 0 aromatic heterocycles. The summed E-state index contributed by atoms with van der Waals surface area (Å²) in [4.78, 5) is 0. The van der Waals surface area contributed by atoms with Crippen molar-refractivity contribution in [3.05, 3.63) is 0 Å². The van der Waals surface area contributed by atoms with Gasteiger partial charge in [0, 0.05) is 0 Å². The number of nitrogens with zero attached hydrogens (tertiary/aromatic N) is 1. The monoisotopic (exact) mass is 96.0 g/mol. The fourth-order valence-electron chi connectivity index (χ4n) is 0. The van der Waals surface area contributed by atoms with Crippen LogP contribution in [0.1, 0.15) is 0 Å². The topological polar surface area (TPSA) is 58.6 Å². The molecule has 3 nitrogen and oxygen atoms in total. The van der Waals surface area contributed by atoms with E-state index >= 15 is 0 Å². The second kappa shape index (κ2) is 9.59. The van der Waals surface area contributed by atoms with E-state index in [1.165, 1.54) is 0 Å². The van der Waals surface area contributed by atoms with Crippen molar-refractivity contribution in [3.63, 3.8) is 0 Å². The van der Waals surface area contributed by atoms with E-state index in [1.807, 2.05) is 0 Å². The van der Waals surface area contributed by atoms with Crippen LogP contribution in [0.2, 0.25) is 0 Å². The number of hydrogen-bond acceptors (Lipinski definition) is 2. The molecular weight excluding hydrogens is 91.5 g/mol. The summed E-state index contributed by atoms with van der Waals surface area (Å²) in [7, 11) is 0. The van der Waals surface area contributed by atoms with Gasteiger partial charge in [0.2, 0.25) is 0 Å². The van der Waals surface area contributed by atoms with E-state index in [0.717, 1.165) is 6.34 Å². The van der Waals surface area contributed by atoms with Gasteiger partial charge in [0.05, 0.1) is 0 Å². The number of halogens is 1. The van der Waals surface area contributed by atoms with Crippen molar-refractivity contribution in [3.8, 4) is 0 Å². The van der Waals surface area contributed by atoms with Gasteiger partial charge in [-0.15, -0.1) is 12.4 Å². The molecule has 0 aliphatic rings. The molecular formula is CH5ClN2O. The van der Waals surface area contributed by atoms with Crippen LogP contribution in [0.25, 0.3) is 0 Å². The first kappa shape index (κ1) is 8.82. The first-order valence-electron chi connectivity index (χ1n) is 0.792. The minimum atomic E-state index is 0. The summed E-state index contributed by atoms with van der Waals surface area (Å²) in [5, 5.41) is 9.71. The Labute approximate surface area is 35.9 Å². The van der Waals surface area contributed by atoms with Crippen LogP contribution in [0.3, 0.4) is 0 Å². The van der Waals surface area contributed by atoms with Gasteiger partial charge in [-0.25, -0.2) is 0 Å². The molecule has 5 heavy (non-hydrogen) atoms. The van der Waals surface area contributed by atoms with Gasteiger partial charge in [0.25, 0.3) is 0 Å². The maximum atomic E-state index is 7.32. The lowest BCUT2D eigenvalue weighted by atomic mass is 11.4. The van der Waals surface area contributed by atoms with E-state index in [1.54, 1.807) is 0 Å². The number of oxime groups is 1. The Bertz CT molecular complexity index is 24.8. The van der Waals surface area contributed by atoms with Crippen molar-refractivity contribution in [2.75, 3.05) is 0 Å². The molecule has 0 aliphatic heterocycles. The van der Waals surface area contributed by atoms with Gasteiger partial charge in [0.1, 0.15) is 6.34 Å². The normalized spacial score (nSPS) is 7.20. The zero-order valence-corrected chi connectivity index (χ0v) is 3.27. The van der Waals surface area contributed by atoms with Crippen LogP contribution in [0.5, 0.6) is 0 Å². The third-order valence-corrected chi connectivity index (χ3v) is 0.0667. The Morgan fingerprint density at radius 3 is 2.00 bits per heavy atom. The molecule has 32 valence electrons. The Morgan fingerprint density at radius 2 is 2.00 bits per heavy atom. The Morgan fingerprint density at radius 1 is 1.80 bits per heavy atom. The fourth-order valence-corrected chi connectivity index (χ4v) is 0. The lowest BCUT2D eigenvalue weighted by molar-refractivity contribution is 0.321.